The first-order valence-corrected chi connectivity index (χ1v) is 11.5. The highest BCUT2D eigenvalue weighted by Gasteiger charge is 2.24. The zero-order valence-corrected chi connectivity index (χ0v) is 18.8. The van der Waals surface area contributed by atoms with Gasteiger partial charge < -0.3 is 4.74 Å². The number of benzene rings is 1. The van der Waals surface area contributed by atoms with Crippen LogP contribution in [-0.4, -0.2) is 0 Å². The van der Waals surface area contributed by atoms with E-state index in [9.17, 15) is 0 Å². The fourth-order valence-electron chi connectivity index (χ4n) is 4.06. The van der Waals surface area contributed by atoms with Crippen molar-refractivity contribution in [2.75, 3.05) is 0 Å². The first-order chi connectivity index (χ1) is 13.0. The summed E-state index contributed by atoms with van der Waals surface area (Å²) in [5.74, 6) is 3.50. The van der Waals surface area contributed by atoms with Gasteiger partial charge >= 0.3 is 0 Å². The maximum atomic E-state index is 6.44. The molecule has 1 aliphatic rings. The van der Waals surface area contributed by atoms with Crippen molar-refractivity contribution in [3.05, 3.63) is 40.2 Å². The summed E-state index contributed by atoms with van der Waals surface area (Å²) < 4.78 is 6.44. The quantitative estimate of drug-likeness (QED) is 0.354. The topological polar surface area (TPSA) is 9.23 Å². The van der Waals surface area contributed by atoms with Crippen LogP contribution < -0.4 is 4.74 Å². The van der Waals surface area contributed by atoms with Gasteiger partial charge in [0.15, 0.2) is 0 Å². The molecule has 1 aromatic carbocycles. The van der Waals surface area contributed by atoms with Crippen molar-refractivity contribution in [2.24, 2.45) is 0 Å². The second kappa shape index (κ2) is 10.9. The summed E-state index contributed by atoms with van der Waals surface area (Å²) in [6.45, 7) is 13.7. The SMILES string of the molecule is CCCCCCCCC1=C(C)Oc2c(cc(C(C)CC)cc2C(C)CC)C1. The largest absolute Gasteiger partial charge is 0.461 e. The lowest BCUT2D eigenvalue weighted by molar-refractivity contribution is 0.389. The molecule has 1 aliphatic heterocycles. The average molecular weight is 371 g/mol. The van der Waals surface area contributed by atoms with Crippen LogP contribution in [-0.2, 0) is 6.42 Å². The minimum atomic E-state index is 0.552. The minimum absolute atomic E-state index is 0.552. The van der Waals surface area contributed by atoms with Crippen molar-refractivity contribution in [1.29, 1.82) is 0 Å². The monoisotopic (exact) mass is 370 g/mol. The average Bonchev–Trinajstić information content (AvgIpc) is 2.68. The van der Waals surface area contributed by atoms with Gasteiger partial charge in [0.2, 0.25) is 0 Å². The minimum Gasteiger partial charge on any atom is -0.461 e. The summed E-state index contributed by atoms with van der Waals surface area (Å²) in [7, 11) is 0. The summed E-state index contributed by atoms with van der Waals surface area (Å²) in [5, 5.41) is 0. The maximum absolute atomic E-state index is 6.44. The molecular formula is C26H42O. The molecule has 0 amide bonds. The zero-order chi connectivity index (χ0) is 19.8. The Bertz CT molecular complexity index is 625. The lowest BCUT2D eigenvalue weighted by atomic mass is 9.85. The van der Waals surface area contributed by atoms with E-state index in [4.69, 9.17) is 4.74 Å². The smallest absolute Gasteiger partial charge is 0.133 e. The third kappa shape index (κ3) is 5.87. The van der Waals surface area contributed by atoms with E-state index in [1.54, 1.807) is 0 Å². The van der Waals surface area contributed by atoms with Crippen molar-refractivity contribution in [3.63, 3.8) is 0 Å². The summed E-state index contributed by atoms with van der Waals surface area (Å²) in [6.07, 6.45) is 12.8. The molecule has 0 spiro atoms. The molecule has 0 saturated heterocycles. The molecule has 27 heavy (non-hydrogen) atoms. The number of hydrogen-bond acceptors (Lipinski definition) is 1. The fraction of sp³-hybridized carbons (Fsp3) is 0.692. The molecule has 1 nitrogen and oxygen atoms in total. The second-order valence-electron chi connectivity index (χ2n) is 8.67. The number of rotatable bonds is 11. The van der Waals surface area contributed by atoms with E-state index < -0.39 is 0 Å². The van der Waals surface area contributed by atoms with Crippen molar-refractivity contribution in [3.8, 4) is 5.75 Å². The van der Waals surface area contributed by atoms with Gasteiger partial charge in [-0.3, -0.25) is 0 Å². The summed E-state index contributed by atoms with van der Waals surface area (Å²) >= 11 is 0. The van der Waals surface area contributed by atoms with Crippen molar-refractivity contribution < 1.29 is 4.74 Å². The first kappa shape index (κ1) is 22.1. The maximum Gasteiger partial charge on any atom is 0.133 e. The molecule has 0 aromatic heterocycles. The van der Waals surface area contributed by atoms with Crippen molar-refractivity contribution in [2.45, 2.75) is 118 Å². The molecule has 0 fully saturated rings. The number of fused-ring (bicyclic) bond motifs is 1. The van der Waals surface area contributed by atoms with Gasteiger partial charge in [-0.2, -0.15) is 0 Å². The van der Waals surface area contributed by atoms with Crippen LogP contribution in [0, 0.1) is 0 Å². The Morgan fingerprint density at radius 3 is 2.22 bits per heavy atom. The van der Waals surface area contributed by atoms with Crippen LogP contribution in [0.15, 0.2) is 23.5 Å². The van der Waals surface area contributed by atoms with E-state index in [1.165, 1.54) is 79.4 Å². The highest BCUT2D eigenvalue weighted by Crippen LogP contribution is 2.41. The molecule has 0 aliphatic carbocycles. The van der Waals surface area contributed by atoms with Crippen LogP contribution >= 0.6 is 0 Å². The number of hydrogen-bond donors (Lipinski definition) is 0. The molecule has 0 N–H and O–H groups in total. The molecule has 152 valence electrons. The van der Waals surface area contributed by atoms with E-state index in [1.807, 2.05) is 0 Å². The van der Waals surface area contributed by atoms with E-state index >= 15 is 0 Å². The highest BCUT2D eigenvalue weighted by molar-refractivity contribution is 5.51. The van der Waals surface area contributed by atoms with E-state index in [-0.39, 0.29) is 0 Å². The van der Waals surface area contributed by atoms with Crippen LogP contribution in [0.3, 0.4) is 0 Å². The molecule has 2 rings (SSSR count). The molecule has 2 unspecified atom stereocenters. The molecule has 0 saturated carbocycles. The van der Waals surface area contributed by atoms with E-state index in [2.05, 4.69) is 53.7 Å². The first-order valence-electron chi connectivity index (χ1n) is 11.5. The Morgan fingerprint density at radius 2 is 1.56 bits per heavy atom. The summed E-state index contributed by atoms with van der Waals surface area (Å²) in [5.41, 5.74) is 5.86. The zero-order valence-electron chi connectivity index (χ0n) is 18.8. The third-order valence-corrected chi connectivity index (χ3v) is 6.53. The lowest BCUT2D eigenvalue weighted by Gasteiger charge is -2.28. The van der Waals surface area contributed by atoms with Gasteiger partial charge in [0, 0.05) is 6.42 Å². The van der Waals surface area contributed by atoms with Gasteiger partial charge in [-0.25, -0.2) is 0 Å². The standard InChI is InChI=1S/C26H42O/c1-7-10-11-12-13-14-15-22-16-24-17-23(19(4)8-2)18-25(20(5)9-3)26(24)27-21(22)6/h17-20H,7-16H2,1-6H3. The molecular weight excluding hydrogens is 328 g/mol. The molecule has 1 heteroatoms. The lowest BCUT2D eigenvalue weighted by Crippen LogP contribution is -2.13. The predicted octanol–water partition coefficient (Wildman–Crippen LogP) is 8.67. The Labute approximate surface area is 168 Å². The van der Waals surface area contributed by atoms with Gasteiger partial charge in [-0.1, -0.05) is 78.9 Å². The van der Waals surface area contributed by atoms with Crippen LogP contribution in [0.2, 0.25) is 0 Å². The molecule has 1 aromatic rings. The van der Waals surface area contributed by atoms with E-state index in [0.29, 0.717) is 11.8 Å². The fourth-order valence-corrected chi connectivity index (χ4v) is 4.06. The molecule has 1 heterocycles. The number of ether oxygens (including phenoxy) is 1. The third-order valence-electron chi connectivity index (χ3n) is 6.53. The Morgan fingerprint density at radius 1 is 0.889 bits per heavy atom. The number of allylic oxidation sites excluding steroid dienone is 2. The van der Waals surface area contributed by atoms with Gasteiger partial charge in [0.1, 0.15) is 11.5 Å². The molecule has 0 bridgehead atoms. The Kier molecular flexibility index (Phi) is 8.93. The van der Waals surface area contributed by atoms with Gasteiger partial charge in [0.25, 0.3) is 0 Å². The molecule has 2 atom stereocenters. The summed E-state index contributed by atoms with van der Waals surface area (Å²) in [4.78, 5) is 0. The van der Waals surface area contributed by atoms with Gasteiger partial charge in [0.05, 0.1) is 0 Å². The highest BCUT2D eigenvalue weighted by atomic mass is 16.5. The molecule has 0 radical (unpaired) electrons. The Hall–Kier alpha value is -1.24. The van der Waals surface area contributed by atoms with Crippen LogP contribution in [0.1, 0.15) is 128 Å². The van der Waals surface area contributed by atoms with E-state index in [0.717, 1.165) is 18.6 Å². The predicted molar refractivity (Wildman–Crippen MR) is 119 cm³/mol. The van der Waals surface area contributed by atoms with Crippen LogP contribution in [0.5, 0.6) is 5.75 Å². The van der Waals surface area contributed by atoms with Crippen molar-refractivity contribution in [1.82, 2.24) is 0 Å². The van der Waals surface area contributed by atoms with Gasteiger partial charge in [-0.05, 0) is 66.7 Å². The van der Waals surface area contributed by atoms with Crippen LogP contribution in [0.4, 0.5) is 0 Å². The Balaban J connectivity index is 2.14. The second-order valence-corrected chi connectivity index (χ2v) is 8.67. The van der Waals surface area contributed by atoms with Gasteiger partial charge in [-0.15, -0.1) is 0 Å². The van der Waals surface area contributed by atoms with Crippen LogP contribution in [0.25, 0.3) is 0 Å². The van der Waals surface area contributed by atoms with Crippen molar-refractivity contribution >= 4 is 0 Å². The summed E-state index contributed by atoms with van der Waals surface area (Å²) in [6, 6.07) is 4.86. The number of unbranched alkanes of at least 4 members (excludes halogenated alkanes) is 5. The normalized spacial score (nSPS) is 16.1.